The number of para-hydroxylation sites is 2. The number of ether oxygens (including phenoxy) is 2. The van der Waals surface area contributed by atoms with E-state index >= 15 is 0 Å². The number of sulfonamides is 1. The van der Waals surface area contributed by atoms with Gasteiger partial charge in [0.25, 0.3) is 10.0 Å². The van der Waals surface area contributed by atoms with Gasteiger partial charge in [0.1, 0.15) is 18.0 Å². The number of aryl methyl sites for hydroxylation is 1. The second-order valence-electron chi connectivity index (χ2n) is 6.89. The van der Waals surface area contributed by atoms with Gasteiger partial charge in [-0.1, -0.05) is 41.4 Å². The van der Waals surface area contributed by atoms with Crippen molar-refractivity contribution in [3.63, 3.8) is 0 Å². The second kappa shape index (κ2) is 9.93. The first-order chi connectivity index (χ1) is 15.3. The minimum atomic E-state index is -4.12. The summed E-state index contributed by atoms with van der Waals surface area (Å²) in [6, 6.07) is 17.8. The van der Waals surface area contributed by atoms with E-state index in [4.69, 9.17) is 21.1 Å². The predicted molar refractivity (Wildman–Crippen MR) is 125 cm³/mol. The molecule has 1 N–H and O–H groups in total. The van der Waals surface area contributed by atoms with Crippen molar-refractivity contribution < 1.29 is 22.7 Å². The van der Waals surface area contributed by atoms with Crippen molar-refractivity contribution in [2.45, 2.75) is 11.8 Å². The fourth-order valence-corrected chi connectivity index (χ4v) is 4.65. The first kappa shape index (κ1) is 23.4. The third-order valence-electron chi connectivity index (χ3n) is 4.69. The molecular weight excluding hydrogens is 452 g/mol. The van der Waals surface area contributed by atoms with Gasteiger partial charge in [-0.3, -0.25) is 9.10 Å². The molecule has 3 rings (SSSR count). The summed E-state index contributed by atoms with van der Waals surface area (Å²) < 4.78 is 38.7. The van der Waals surface area contributed by atoms with Gasteiger partial charge in [-0.05, 0) is 49.4 Å². The van der Waals surface area contributed by atoms with Crippen molar-refractivity contribution in [1.29, 1.82) is 0 Å². The monoisotopic (exact) mass is 474 g/mol. The molecule has 32 heavy (non-hydrogen) atoms. The van der Waals surface area contributed by atoms with Gasteiger partial charge in [0.2, 0.25) is 5.91 Å². The smallest absolute Gasteiger partial charge is 0.264 e. The lowest BCUT2D eigenvalue weighted by atomic mass is 10.2. The molecule has 3 aromatic carbocycles. The molecule has 0 fully saturated rings. The number of hydrogen-bond acceptors (Lipinski definition) is 5. The van der Waals surface area contributed by atoms with Gasteiger partial charge in [-0.2, -0.15) is 0 Å². The molecule has 9 heteroatoms. The predicted octanol–water partition coefficient (Wildman–Crippen LogP) is 4.50. The molecule has 0 saturated heterocycles. The van der Waals surface area contributed by atoms with Crippen molar-refractivity contribution >= 4 is 38.9 Å². The first-order valence-corrected chi connectivity index (χ1v) is 11.4. The molecule has 0 aliphatic heterocycles. The number of amides is 1. The molecule has 0 aliphatic carbocycles. The molecule has 7 nitrogen and oxygen atoms in total. The minimum Gasteiger partial charge on any atom is -0.495 e. The SMILES string of the molecule is COc1ccccc1NC(=O)CN(c1cc(Cl)ccc1OC)S(=O)(=O)c1ccc(C)cc1. The zero-order valence-corrected chi connectivity index (χ0v) is 19.4. The first-order valence-electron chi connectivity index (χ1n) is 9.62. The van der Waals surface area contributed by atoms with E-state index in [-0.39, 0.29) is 16.3 Å². The van der Waals surface area contributed by atoms with Crippen LogP contribution in [0.4, 0.5) is 11.4 Å². The van der Waals surface area contributed by atoms with Gasteiger partial charge in [-0.15, -0.1) is 0 Å². The van der Waals surface area contributed by atoms with E-state index in [1.807, 2.05) is 6.92 Å². The number of anilines is 2. The normalized spacial score (nSPS) is 11.0. The van der Waals surface area contributed by atoms with Crippen LogP contribution in [0, 0.1) is 6.92 Å². The number of nitrogens with zero attached hydrogens (tertiary/aromatic N) is 1. The van der Waals surface area contributed by atoms with Gasteiger partial charge >= 0.3 is 0 Å². The average molecular weight is 475 g/mol. The number of nitrogens with one attached hydrogen (secondary N) is 1. The van der Waals surface area contributed by atoms with Gasteiger partial charge in [0, 0.05) is 5.02 Å². The Labute approximate surface area is 192 Å². The highest BCUT2D eigenvalue weighted by Crippen LogP contribution is 2.35. The average Bonchev–Trinajstić information content (AvgIpc) is 2.78. The number of carbonyl (C=O) groups excluding carboxylic acids is 1. The van der Waals surface area contributed by atoms with Crippen LogP contribution in [-0.2, 0) is 14.8 Å². The summed E-state index contributed by atoms with van der Waals surface area (Å²) in [5.41, 5.74) is 1.48. The third kappa shape index (κ3) is 5.15. The fourth-order valence-electron chi connectivity index (χ4n) is 3.06. The van der Waals surface area contributed by atoms with Crippen molar-refractivity contribution in [2.24, 2.45) is 0 Å². The molecule has 3 aromatic rings. The van der Waals surface area contributed by atoms with E-state index in [0.717, 1.165) is 9.87 Å². The number of benzene rings is 3. The molecular formula is C23H23ClN2O5S. The zero-order valence-electron chi connectivity index (χ0n) is 17.8. The zero-order chi connectivity index (χ0) is 23.3. The lowest BCUT2D eigenvalue weighted by Gasteiger charge is -2.26. The number of halogens is 1. The van der Waals surface area contributed by atoms with Crippen LogP contribution in [0.3, 0.4) is 0 Å². The topological polar surface area (TPSA) is 84.9 Å². The highest BCUT2D eigenvalue weighted by atomic mass is 35.5. The molecule has 168 valence electrons. The van der Waals surface area contributed by atoms with Crippen molar-refractivity contribution in [2.75, 3.05) is 30.4 Å². The van der Waals surface area contributed by atoms with Crippen molar-refractivity contribution in [1.82, 2.24) is 0 Å². The summed E-state index contributed by atoms with van der Waals surface area (Å²) in [6.45, 7) is 1.35. The molecule has 1 amide bonds. The third-order valence-corrected chi connectivity index (χ3v) is 6.70. The molecule has 0 atom stereocenters. The van der Waals surface area contributed by atoms with Gasteiger partial charge in [0.15, 0.2) is 0 Å². The minimum absolute atomic E-state index is 0.0372. The lowest BCUT2D eigenvalue weighted by molar-refractivity contribution is -0.114. The standard InChI is InChI=1S/C23H23ClN2O5S/c1-16-8-11-18(12-9-16)32(28,29)26(20-14-17(24)10-13-22(20)31-3)15-23(27)25-19-6-4-5-7-21(19)30-2/h4-14H,15H2,1-3H3,(H,25,27). The van der Waals surface area contributed by atoms with E-state index in [9.17, 15) is 13.2 Å². The fraction of sp³-hybridized carbons (Fsp3) is 0.174. The maximum absolute atomic E-state index is 13.6. The molecule has 0 aliphatic rings. The van der Waals surface area contributed by atoms with Gasteiger partial charge in [0.05, 0.1) is 30.5 Å². The molecule has 0 saturated carbocycles. The largest absolute Gasteiger partial charge is 0.495 e. The van der Waals surface area contributed by atoms with E-state index in [1.54, 1.807) is 48.5 Å². The molecule has 0 bridgehead atoms. The van der Waals surface area contributed by atoms with Crippen LogP contribution in [0.25, 0.3) is 0 Å². The highest BCUT2D eigenvalue weighted by molar-refractivity contribution is 7.92. The van der Waals surface area contributed by atoms with Crippen LogP contribution >= 0.6 is 11.6 Å². The highest BCUT2D eigenvalue weighted by Gasteiger charge is 2.30. The van der Waals surface area contributed by atoms with Crippen LogP contribution in [0.1, 0.15) is 5.56 Å². The maximum atomic E-state index is 13.6. The second-order valence-corrected chi connectivity index (χ2v) is 9.19. The van der Waals surface area contributed by atoms with Crippen molar-refractivity contribution in [3.8, 4) is 11.5 Å². The number of rotatable bonds is 8. The molecule has 0 aromatic heterocycles. The lowest BCUT2D eigenvalue weighted by Crippen LogP contribution is -2.38. The maximum Gasteiger partial charge on any atom is 0.264 e. The summed E-state index contributed by atoms with van der Waals surface area (Å²) in [4.78, 5) is 13.0. The Balaban J connectivity index is 2.04. The summed E-state index contributed by atoms with van der Waals surface area (Å²) >= 11 is 6.15. The van der Waals surface area contributed by atoms with Crippen LogP contribution in [0.15, 0.2) is 71.6 Å². The Morgan fingerprint density at radius 2 is 1.62 bits per heavy atom. The number of carbonyl (C=O) groups is 1. The summed E-state index contributed by atoms with van der Waals surface area (Å²) in [5, 5.41) is 3.00. The Hall–Kier alpha value is -3.23. The summed E-state index contributed by atoms with van der Waals surface area (Å²) in [5.74, 6) is 0.150. The van der Waals surface area contributed by atoms with Crippen LogP contribution in [0.5, 0.6) is 11.5 Å². The van der Waals surface area contributed by atoms with Crippen LogP contribution in [-0.4, -0.2) is 35.1 Å². The number of methoxy groups -OCH3 is 2. The summed E-state index contributed by atoms with van der Waals surface area (Å²) in [6.07, 6.45) is 0. The van der Waals surface area contributed by atoms with E-state index in [1.165, 1.54) is 32.4 Å². The van der Waals surface area contributed by atoms with Gasteiger partial charge in [-0.25, -0.2) is 8.42 Å². The van der Waals surface area contributed by atoms with E-state index in [0.29, 0.717) is 16.5 Å². The Bertz CT molecular complexity index is 1210. The van der Waals surface area contributed by atoms with E-state index in [2.05, 4.69) is 5.32 Å². The molecule has 0 heterocycles. The Kier molecular flexibility index (Phi) is 7.27. The Morgan fingerprint density at radius 1 is 0.969 bits per heavy atom. The van der Waals surface area contributed by atoms with Crippen molar-refractivity contribution in [3.05, 3.63) is 77.3 Å². The van der Waals surface area contributed by atoms with Crippen LogP contribution in [0.2, 0.25) is 5.02 Å². The summed E-state index contributed by atoms with van der Waals surface area (Å²) in [7, 11) is -1.22. The van der Waals surface area contributed by atoms with Crippen LogP contribution < -0.4 is 19.1 Å². The number of hydrogen-bond donors (Lipinski definition) is 1. The van der Waals surface area contributed by atoms with E-state index < -0.39 is 22.5 Å². The quantitative estimate of drug-likeness (QED) is 0.519. The molecule has 0 spiro atoms. The molecule has 0 unspecified atom stereocenters. The molecule has 0 radical (unpaired) electrons. The Morgan fingerprint density at radius 3 is 2.28 bits per heavy atom. The van der Waals surface area contributed by atoms with Gasteiger partial charge < -0.3 is 14.8 Å².